The molecule has 1 aromatic heterocycles. The summed E-state index contributed by atoms with van der Waals surface area (Å²) in [5.41, 5.74) is 5.63. The molecule has 1 aromatic carbocycles. The predicted octanol–water partition coefficient (Wildman–Crippen LogP) is 2.01. The van der Waals surface area contributed by atoms with Gasteiger partial charge in [0.25, 0.3) is 0 Å². The first kappa shape index (κ1) is 15.0. The zero-order chi connectivity index (χ0) is 14.8. The molecule has 0 fully saturated rings. The molecule has 2 rings (SSSR count). The van der Waals surface area contributed by atoms with Crippen LogP contribution in [0.1, 0.15) is 11.3 Å². The third-order valence-electron chi connectivity index (χ3n) is 2.62. The van der Waals surface area contributed by atoms with E-state index in [4.69, 9.17) is 21.8 Å². The molecule has 20 heavy (non-hydrogen) atoms. The van der Waals surface area contributed by atoms with Crippen molar-refractivity contribution in [2.24, 2.45) is 5.73 Å². The normalized spacial score (nSPS) is 11.8. The fraction of sp³-hybridized carbons (Fsp3) is 0.167. The number of halogens is 2. The quantitative estimate of drug-likeness (QED) is 0.883. The number of nitrogens with one attached hydrogen (secondary N) is 1. The summed E-state index contributed by atoms with van der Waals surface area (Å²) in [6.45, 7) is -0.0885. The van der Waals surface area contributed by atoms with Crippen molar-refractivity contribution in [1.29, 1.82) is 0 Å². The average Bonchev–Trinajstić information content (AvgIpc) is 2.92. The highest BCUT2D eigenvalue weighted by molar-refractivity contribution is 7.89. The first-order valence-electron chi connectivity index (χ1n) is 5.64. The van der Waals surface area contributed by atoms with E-state index in [9.17, 15) is 12.8 Å². The van der Waals surface area contributed by atoms with E-state index in [0.29, 0.717) is 5.76 Å². The number of benzene rings is 1. The van der Waals surface area contributed by atoms with Crippen molar-refractivity contribution in [3.8, 4) is 0 Å². The molecule has 0 atom stereocenters. The van der Waals surface area contributed by atoms with Gasteiger partial charge >= 0.3 is 0 Å². The van der Waals surface area contributed by atoms with Gasteiger partial charge in [0.15, 0.2) is 0 Å². The smallest absolute Gasteiger partial charge is 0.241 e. The SMILES string of the molecule is NCc1cc(S(=O)(=O)NCc2ccco2)cc(F)c1Cl. The summed E-state index contributed by atoms with van der Waals surface area (Å²) < 4.78 is 45.0. The number of furan rings is 1. The summed E-state index contributed by atoms with van der Waals surface area (Å²) in [6, 6.07) is 5.36. The average molecular weight is 319 g/mol. The summed E-state index contributed by atoms with van der Waals surface area (Å²) in [7, 11) is -3.87. The first-order chi connectivity index (χ1) is 9.44. The molecule has 0 saturated carbocycles. The summed E-state index contributed by atoms with van der Waals surface area (Å²) in [5.74, 6) is -0.380. The van der Waals surface area contributed by atoms with E-state index < -0.39 is 15.8 Å². The minimum absolute atomic E-state index is 0.0302. The first-order valence-corrected chi connectivity index (χ1v) is 7.50. The Bertz CT molecular complexity index is 702. The maximum absolute atomic E-state index is 13.6. The molecular weight excluding hydrogens is 307 g/mol. The largest absolute Gasteiger partial charge is 0.468 e. The van der Waals surface area contributed by atoms with Gasteiger partial charge in [-0.05, 0) is 29.8 Å². The lowest BCUT2D eigenvalue weighted by atomic mass is 10.2. The number of rotatable bonds is 5. The third kappa shape index (κ3) is 3.18. The van der Waals surface area contributed by atoms with Crippen molar-refractivity contribution in [1.82, 2.24) is 4.72 Å². The summed E-state index contributed by atoms with van der Waals surface area (Å²) in [6.07, 6.45) is 1.43. The number of hydrogen-bond donors (Lipinski definition) is 2. The van der Waals surface area contributed by atoms with E-state index in [2.05, 4.69) is 4.72 Å². The lowest BCUT2D eigenvalue weighted by molar-refractivity contribution is 0.498. The Morgan fingerprint density at radius 1 is 1.40 bits per heavy atom. The van der Waals surface area contributed by atoms with E-state index in [0.717, 1.165) is 6.07 Å². The Morgan fingerprint density at radius 3 is 2.75 bits per heavy atom. The van der Waals surface area contributed by atoms with Gasteiger partial charge in [-0.25, -0.2) is 17.5 Å². The molecule has 1 heterocycles. The van der Waals surface area contributed by atoms with Crippen molar-refractivity contribution >= 4 is 21.6 Å². The molecule has 3 N–H and O–H groups in total. The fourth-order valence-electron chi connectivity index (χ4n) is 1.58. The highest BCUT2D eigenvalue weighted by Gasteiger charge is 2.18. The van der Waals surface area contributed by atoms with Gasteiger partial charge < -0.3 is 10.2 Å². The van der Waals surface area contributed by atoms with Crippen LogP contribution in [0, 0.1) is 5.82 Å². The standard InChI is InChI=1S/C12H12ClFN2O3S/c13-12-8(6-15)4-10(5-11(12)14)20(17,18)16-7-9-2-1-3-19-9/h1-5,16H,6-7,15H2. The number of sulfonamides is 1. The van der Waals surface area contributed by atoms with Gasteiger partial charge in [0, 0.05) is 6.54 Å². The van der Waals surface area contributed by atoms with E-state index in [-0.39, 0.29) is 28.6 Å². The van der Waals surface area contributed by atoms with Crippen molar-refractivity contribution in [3.05, 3.63) is 52.7 Å². The Morgan fingerprint density at radius 2 is 2.15 bits per heavy atom. The van der Waals surface area contributed by atoms with Gasteiger partial charge in [-0.3, -0.25) is 0 Å². The van der Waals surface area contributed by atoms with E-state index in [1.54, 1.807) is 12.1 Å². The van der Waals surface area contributed by atoms with Gasteiger partial charge in [0.05, 0.1) is 22.7 Å². The predicted molar refractivity (Wildman–Crippen MR) is 72.0 cm³/mol. The Kier molecular flexibility index (Phi) is 4.44. The van der Waals surface area contributed by atoms with Crippen molar-refractivity contribution in [3.63, 3.8) is 0 Å². The highest BCUT2D eigenvalue weighted by atomic mass is 35.5. The molecule has 0 spiro atoms. The van der Waals surface area contributed by atoms with Crippen LogP contribution in [0.25, 0.3) is 0 Å². The van der Waals surface area contributed by atoms with Gasteiger partial charge in [0.2, 0.25) is 10.0 Å². The Balaban J connectivity index is 2.27. The van der Waals surface area contributed by atoms with E-state index in [1.807, 2.05) is 0 Å². The second-order valence-corrected chi connectivity index (χ2v) is 6.13. The van der Waals surface area contributed by atoms with Gasteiger partial charge in [-0.15, -0.1) is 0 Å². The molecule has 108 valence electrons. The monoisotopic (exact) mass is 318 g/mol. The van der Waals surface area contributed by atoms with E-state index >= 15 is 0 Å². The number of hydrogen-bond acceptors (Lipinski definition) is 4. The lowest BCUT2D eigenvalue weighted by Gasteiger charge is -2.09. The zero-order valence-corrected chi connectivity index (χ0v) is 11.8. The number of nitrogens with two attached hydrogens (primary N) is 1. The molecular formula is C12H12ClFN2O3S. The van der Waals surface area contributed by atoms with Crippen LogP contribution in [0.4, 0.5) is 4.39 Å². The molecule has 5 nitrogen and oxygen atoms in total. The topological polar surface area (TPSA) is 85.3 Å². The maximum atomic E-state index is 13.6. The summed E-state index contributed by atoms with van der Waals surface area (Å²) >= 11 is 5.69. The molecule has 8 heteroatoms. The lowest BCUT2D eigenvalue weighted by Crippen LogP contribution is -2.23. The fourth-order valence-corrected chi connectivity index (χ4v) is 2.83. The molecule has 0 bridgehead atoms. The van der Waals surface area contributed by atoms with Crippen LogP contribution in [-0.4, -0.2) is 8.42 Å². The Labute approximate surface area is 120 Å². The van der Waals surface area contributed by atoms with Crippen LogP contribution in [-0.2, 0) is 23.1 Å². The van der Waals surface area contributed by atoms with Gasteiger partial charge in [-0.1, -0.05) is 11.6 Å². The van der Waals surface area contributed by atoms with Crippen LogP contribution < -0.4 is 10.5 Å². The van der Waals surface area contributed by atoms with Crippen LogP contribution in [0.15, 0.2) is 39.8 Å². The summed E-state index contributed by atoms with van der Waals surface area (Å²) in [5, 5.41) is -0.169. The highest BCUT2D eigenvalue weighted by Crippen LogP contribution is 2.24. The van der Waals surface area contributed by atoms with E-state index in [1.165, 1.54) is 12.3 Å². The van der Waals surface area contributed by atoms with Crippen LogP contribution in [0.5, 0.6) is 0 Å². The minimum atomic E-state index is -3.87. The van der Waals surface area contributed by atoms with Gasteiger partial charge in [0.1, 0.15) is 11.6 Å². The summed E-state index contributed by atoms with van der Waals surface area (Å²) in [4.78, 5) is -0.230. The molecule has 0 aliphatic carbocycles. The van der Waals surface area contributed by atoms with Gasteiger partial charge in [-0.2, -0.15) is 0 Å². The third-order valence-corrected chi connectivity index (χ3v) is 4.43. The molecule has 2 aromatic rings. The molecule has 0 aliphatic heterocycles. The molecule has 0 aliphatic rings. The van der Waals surface area contributed by atoms with Crippen molar-refractivity contribution in [2.75, 3.05) is 0 Å². The van der Waals surface area contributed by atoms with Crippen LogP contribution >= 0.6 is 11.6 Å². The van der Waals surface area contributed by atoms with Crippen molar-refractivity contribution in [2.45, 2.75) is 18.0 Å². The van der Waals surface area contributed by atoms with Crippen LogP contribution in [0.2, 0.25) is 5.02 Å². The molecule has 0 amide bonds. The second kappa shape index (κ2) is 5.92. The van der Waals surface area contributed by atoms with Crippen LogP contribution in [0.3, 0.4) is 0 Å². The second-order valence-electron chi connectivity index (χ2n) is 3.99. The minimum Gasteiger partial charge on any atom is -0.468 e. The molecule has 0 radical (unpaired) electrons. The maximum Gasteiger partial charge on any atom is 0.241 e. The zero-order valence-electron chi connectivity index (χ0n) is 10.3. The van der Waals surface area contributed by atoms with Crippen molar-refractivity contribution < 1.29 is 17.2 Å². The molecule has 0 saturated heterocycles. The molecule has 0 unspecified atom stereocenters. The Hall–Kier alpha value is -1.41.